The van der Waals surface area contributed by atoms with E-state index in [-0.39, 0.29) is 16.8 Å². The lowest BCUT2D eigenvalue weighted by Crippen LogP contribution is -2.40. The molecule has 1 saturated heterocycles. The SMILES string of the molecule is CCn1cc(CNC(=O)c2cccc(S(=O)(=O)N[C@@H]3CCCOC3)c2)cn1. The summed E-state index contributed by atoms with van der Waals surface area (Å²) in [7, 11) is -3.71. The van der Waals surface area contributed by atoms with Gasteiger partial charge in [-0.05, 0) is 38.0 Å². The molecule has 1 aliphatic rings. The van der Waals surface area contributed by atoms with Gasteiger partial charge in [-0.3, -0.25) is 9.48 Å². The van der Waals surface area contributed by atoms with Crippen LogP contribution in [0.5, 0.6) is 0 Å². The second-order valence-electron chi connectivity index (χ2n) is 6.45. The van der Waals surface area contributed by atoms with E-state index in [2.05, 4.69) is 15.1 Å². The highest BCUT2D eigenvalue weighted by Gasteiger charge is 2.23. The summed E-state index contributed by atoms with van der Waals surface area (Å²) in [6.45, 7) is 4.09. The molecule has 0 saturated carbocycles. The van der Waals surface area contributed by atoms with Crippen molar-refractivity contribution in [3.05, 3.63) is 47.8 Å². The predicted octanol–water partition coefficient (Wildman–Crippen LogP) is 1.29. The Morgan fingerprint density at radius 2 is 2.26 bits per heavy atom. The average Bonchev–Trinajstić information content (AvgIpc) is 3.15. The number of ether oxygens (including phenoxy) is 1. The molecule has 2 N–H and O–H groups in total. The molecule has 1 aromatic heterocycles. The van der Waals surface area contributed by atoms with E-state index in [0.717, 1.165) is 24.9 Å². The van der Waals surface area contributed by atoms with Crippen LogP contribution in [0.2, 0.25) is 0 Å². The molecule has 27 heavy (non-hydrogen) atoms. The van der Waals surface area contributed by atoms with Crippen molar-refractivity contribution in [1.29, 1.82) is 0 Å². The maximum atomic E-state index is 12.6. The number of hydrogen-bond acceptors (Lipinski definition) is 5. The summed E-state index contributed by atoms with van der Waals surface area (Å²) in [5.41, 5.74) is 1.17. The van der Waals surface area contributed by atoms with Gasteiger partial charge >= 0.3 is 0 Å². The number of sulfonamides is 1. The highest BCUT2D eigenvalue weighted by atomic mass is 32.2. The van der Waals surface area contributed by atoms with Crippen LogP contribution in [0.3, 0.4) is 0 Å². The Kier molecular flexibility index (Phi) is 6.25. The largest absolute Gasteiger partial charge is 0.380 e. The van der Waals surface area contributed by atoms with Crippen LogP contribution in [-0.4, -0.2) is 43.4 Å². The third-order valence-corrected chi connectivity index (χ3v) is 5.87. The number of benzene rings is 1. The molecule has 2 aromatic rings. The topological polar surface area (TPSA) is 102 Å². The molecule has 8 nitrogen and oxygen atoms in total. The van der Waals surface area contributed by atoms with Crippen molar-refractivity contribution in [2.24, 2.45) is 0 Å². The summed E-state index contributed by atoms with van der Waals surface area (Å²) in [6, 6.07) is 5.78. The van der Waals surface area contributed by atoms with E-state index in [9.17, 15) is 13.2 Å². The van der Waals surface area contributed by atoms with Crippen molar-refractivity contribution in [2.75, 3.05) is 13.2 Å². The van der Waals surface area contributed by atoms with Crippen LogP contribution in [0, 0.1) is 0 Å². The van der Waals surface area contributed by atoms with Crippen LogP contribution in [0.4, 0.5) is 0 Å². The standard InChI is InChI=1S/C18H24N4O4S/c1-2-22-12-14(11-20-22)10-19-18(23)15-5-3-7-17(9-15)27(24,25)21-16-6-4-8-26-13-16/h3,5,7,9,11-12,16,21H,2,4,6,8,10,13H2,1H3,(H,19,23)/t16-/m1/s1. The van der Waals surface area contributed by atoms with Gasteiger partial charge in [0.2, 0.25) is 10.0 Å². The molecule has 1 aromatic carbocycles. The molecule has 1 amide bonds. The van der Waals surface area contributed by atoms with Gasteiger partial charge in [-0.25, -0.2) is 13.1 Å². The molecule has 0 radical (unpaired) electrons. The molecular formula is C18H24N4O4S. The Morgan fingerprint density at radius 1 is 1.41 bits per heavy atom. The second kappa shape index (κ2) is 8.64. The molecule has 0 bridgehead atoms. The smallest absolute Gasteiger partial charge is 0.251 e. The Morgan fingerprint density at radius 3 is 2.96 bits per heavy atom. The number of amides is 1. The van der Waals surface area contributed by atoms with E-state index in [0.29, 0.717) is 25.3 Å². The zero-order valence-electron chi connectivity index (χ0n) is 15.2. The first-order valence-corrected chi connectivity index (χ1v) is 10.5. The van der Waals surface area contributed by atoms with Gasteiger partial charge in [-0.1, -0.05) is 6.07 Å². The first-order valence-electron chi connectivity index (χ1n) is 8.97. The van der Waals surface area contributed by atoms with Gasteiger partial charge in [0, 0.05) is 43.1 Å². The van der Waals surface area contributed by atoms with Crippen LogP contribution < -0.4 is 10.0 Å². The fourth-order valence-electron chi connectivity index (χ4n) is 2.88. The van der Waals surface area contributed by atoms with Crippen LogP contribution in [-0.2, 0) is 27.8 Å². The van der Waals surface area contributed by atoms with Crippen LogP contribution >= 0.6 is 0 Å². The van der Waals surface area contributed by atoms with E-state index in [1.54, 1.807) is 23.0 Å². The summed E-state index contributed by atoms with van der Waals surface area (Å²) >= 11 is 0. The van der Waals surface area contributed by atoms with E-state index >= 15 is 0 Å². The van der Waals surface area contributed by atoms with E-state index in [4.69, 9.17) is 4.74 Å². The minimum absolute atomic E-state index is 0.0690. The molecule has 146 valence electrons. The zero-order chi connectivity index (χ0) is 19.3. The van der Waals surface area contributed by atoms with Gasteiger partial charge in [-0.15, -0.1) is 0 Å². The second-order valence-corrected chi connectivity index (χ2v) is 8.16. The van der Waals surface area contributed by atoms with Crippen molar-refractivity contribution < 1.29 is 17.9 Å². The highest BCUT2D eigenvalue weighted by molar-refractivity contribution is 7.89. The maximum Gasteiger partial charge on any atom is 0.251 e. The van der Waals surface area contributed by atoms with Gasteiger partial charge in [0.1, 0.15) is 0 Å². The predicted molar refractivity (Wildman–Crippen MR) is 99.7 cm³/mol. The van der Waals surface area contributed by atoms with E-state index in [1.807, 2.05) is 13.1 Å². The lowest BCUT2D eigenvalue weighted by Gasteiger charge is -2.23. The molecule has 2 heterocycles. The molecule has 3 rings (SSSR count). The third kappa shape index (κ3) is 5.15. The Labute approximate surface area is 159 Å². The van der Waals surface area contributed by atoms with Crippen molar-refractivity contribution in [3.63, 3.8) is 0 Å². The number of rotatable bonds is 7. The molecule has 0 unspecified atom stereocenters. The molecule has 0 spiro atoms. The number of hydrogen-bond donors (Lipinski definition) is 2. The first-order chi connectivity index (χ1) is 13.0. The fourth-order valence-corrected chi connectivity index (χ4v) is 4.18. The first kappa shape index (κ1) is 19.5. The number of nitrogens with zero attached hydrogens (tertiary/aromatic N) is 2. The zero-order valence-corrected chi connectivity index (χ0v) is 16.0. The lowest BCUT2D eigenvalue weighted by molar-refractivity contribution is 0.0774. The highest BCUT2D eigenvalue weighted by Crippen LogP contribution is 2.15. The monoisotopic (exact) mass is 392 g/mol. The Hall–Kier alpha value is -2.23. The van der Waals surface area contributed by atoms with Crippen molar-refractivity contribution in [2.45, 2.75) is 43.8 Å². The minimum atomic E-state index is -3.71. The summed E-state index contributed by atoms with van der Waals surface area (Å²) in [5.74, 6) is -0.336. The van der Waals surface area contributed by atoms with E-state index in [1.165, 1.54) is 12.1 Å². The van der Waals surface area contributed by atoms with E-state index < -0.39 is 10.0 Å². The van der Waals surface area contributed by atoms with Gasteiger partial charge < -0.3 is 10.1 Å². The van der Waals surface area contributed by atoms with Gasteiger partial charge in [-0.2, -0.15) is 5.10 Å². The maximum absolute atomic E-state index is 12.6. The molecule has 9 heteroatoms. The summed E-state index contributed by atoms with van der Waals surface area (Å²) in [5, 5.41) is 6.94. The lowest BCUT2D eigenvalue weighted by atomic mass is 10.1. The molecule has 1 atom stereocenters. The number of carbonyl (C=O) groups excluding carboxylic acids is 1. The minimum Gasteiger partial charge on any atom is -0.380 e. The van der Waals surface area contributed by atoms with Gasteiger partial charge in [0.25, 0.3) is 5.91 Å². The van der Waals surface area contributed by atoms with Gasteiger partial charge in [0.15, 0.2) is 0 Å². The van der Waals surface area contributed by atoms with Crippen LogP contribution in [0.15, 0.2) is 41.6 Å². The van der Waals surface area contributed by atoms with Crippen LogP contribution in [0.1, 0.15) is 35.7 Å². The Bertz CT molecular complexity index is 888. The summed E-state index contributed by atoms with van der Waals surface area (Å²) in [6.07, 6.45) is 5.12. The number of nitrogens with one attached hydrogen (secondary N) is 2. The molecule has 0 aliphatic carbocycles. The molecule has 1 aliphatic heterocycles. The quantitative estimate of drug-likeness (QED) is 0.739. The Balaban J connectivity index is 1.65. The summed E-state index contributed by atoms with van der Waals surface area (Å²) in [4.78, 5) is 12.5. The average molecular weight is 392 g/mol. The van der Waals surface area contributed by atoms with Crippen molar-refractivity contribution >= 4 is 15.9 Å². The number of aryl methyl sites for hydroxylation is 1. The summed E-state index contributed by atoms with van der Waals surface area (Å²) < 4.78 is 34.9. The van der Waals surface area contributed by atoms with Gasteiger partial charge in [0.05, 0.1) is 17.7 Å². The van der Waals surface area contributed by atoms with Crippen LogP contribution in [0.25, 0.3) is 0 Å². The molecular weight excluding hydrogens is 368 g/mol. The third-order valence-electron chi connectivity index (χ3n) is 4.35. The van der Waals surface area contributed by atoms with Crippen molar-refractivity contribution in [1.82, 2.24) is 19.8 Å². The number of aromatic nitrogens is 2. The fraction of sp³-hybridized carbons (Fsp3) is 0.444. The molecule has 1 fully saturated rings. The van der Waals surface area contributed by atoms with Crippen molar-refractivity contribution in [3.8, 4) is 0 Å². The normalized spacial score (nSPS) is 17.6. The number of carbonyl (C=O) groups is 1.